The van der Waals surface area contributed by atoms with Crippen LogP contribution >= 0.6 is 31.9 Å². The van der Waals surface area contributed by atoms with Crippen molar-refractivity contribution >= 4 is 54.9 Å². The van der Waals surface area contributed by atoms with Gasteiger partial charge in [0.05, 0.1) is 18.4 Å². The summed E-state index contributed by atoms with van der Waals surface area (Å²) in [4.78, 5) is 9.01. The summed E-state index contributed by atoms with van der Waals surface area (Å²) >= 11 is 6.90. The van der Waals surface area contributed by atoms with Crippen molar-refractivity contribution in [3.8, 4) is 23.0 Å². The van der Waals surface area contributed by atoms with Crippen LogP contribution in [-0.4, -0.2) is 23.4 Å². The van der Waals surface area contributed by atoms with E-state index in [-0.39, 0.29) is 5.75 Å². The third kappa shape index (κ3) is 3.55. The highest BCUT2D eigenvalue weighted by Gasteiger charge is 2.14. The first-order valence-corrected chi connectivity index (χ1v) is 9.90. The van der Waals surface area contributed by atoms with Gasteiger partial charge in [-0.2, -0.15) is 0 Å². The number of aromatic hydroxyl groups is 1. The van der Waals surface area contributed by atoms with Gasteiger partial charge in [-0.3, -0.25) is 4.99 Å². The Bertz CT molecular complexity index is 1170. The maximum atomic E-state index is 10.4. The summed E-state index contributed by atoms with van der Waals surface area (Å²) in [7, 11) is 1.50. The molecule has 0 atom stereocenters. The van der Waals surface area contributed by atoms with Crippen molar-refractivity contribution in [2.75, 3.05) is 7.11 Å². The zero-order valence-corrected chi connectivity index (χ0v) is 17.9. The Morgan fingerprint density at radius 3 is 2.71 bits per heavy atom. The number of ether oxygens (including phenoxy) is 1. The van der Waals surface area contributed by atoms with Crippen LogP contribution in [0.15, 0.2) is 73.0 Å². The maximum Gasteiger partial charge on any atom is 0.227 e. The first-order chi connectivity index (χ1) is 13.6. The fourth-order valence-electron chi connectivity index (χ4n) is 2.74. The summed E-state index contributed by atoms with van der Waals surface area (Å²) in [6.07, 6.45) is 1.58. The third-order valence-electron chi connectivity index (χ3n) is 4.14. The summed E-state index contributed by atoms with van der Waals surface area (Å²) < 4.78 is 12.5. The van der Waals surface area contributed by atoms with Crippen LogP contribution in [0.5, 0.6) is 11.5 Å². The lowest BCUT2D eigenvalue weighted by molar-refractivity contribution is 0.372. The fourth-order valence-corrected chi connectivity index (χ4v) is 3.57. The van der Waals surface area contributed by atoms with Crippen LogP contribution in [-0.2, 0) is 0 Å². The molecule has 140 valence electrons. The van der Waals surface area contributed by atoms with Crippen LogP contribution in [0, 0.1) is 0 Å². The van der Waals surface area contributed by atoms with Gasteiger partial charge < -0.3 is 14.3 Å². The molecule has 28 heavy (non-hydrogen) atoms. The molecule has 0 aliphatic carbocycles. The number of para-hydroxylation sites is 2. The lowest BCUT2D eigenvalue weighted by Gasteiger charge is -2.09. The second-order valence-corrected chi connectivity index (χ2v) is 7.58. The molecule has 0 amide bonds. The van der Waals surface area contributed by atoms with Gasteiger partial charge in [-0.15, -0.1) is 0 Å². The van der Waals surface area contributed by atoms with Gasteiger partial charge in [0.2, 0.25) is 5.89 Å². The van der Waals surface area contributed by atoms with Crippen LogP contribution in [0.4, 0.5) is 5.69 Å². The number of halogens is 2. The predicted octanol–water partition coefficient (Wildman–Crippen LogP) is 6.48. The number of benzene rings is 3. The molecule has 0 bridgehead atoms. The molecule has 1 heterocycles. The third-order valence-corrected chi connectivity index (χ3v) is 6.15. The van der Waals surface area contributed by atoms with Gasteiger partial charge in [-0.1, -0.05) is 18.2 Å². The summed E-state index contributed by atoms with van der Waals surface area (Å²) in [5.41, 5.74) is 3.58. The number of fused-ring (bicyclic) bond motifs is 1. The first-order valence-electron chi connectivity index (χ1n) is 8.32. The fraction of sp³-hybridized carbons (Fsp3) is 0.0476. The average molecular weight is 502 g/mol. The molecule has 0 fully saturated rings. The SMILES string of the molecule is COc1cc(Br)c(Br)c(C=Nc2cccc(-c3nc4ccccc4o3)c2)c1O. The molecule has 0 unspecified atom stereocenters. The van der Waals surface area contributed by atoms with Crippen molar-refractivity contribution in [3.05, 3.63) is 69.1 Å². The van der Waals surface area contributed by atoms with Crippen molar-refractivity contribution in [2.45, 2.75) is 0 Å². The lowest BCUT2D eigenvalue weighted by Crippen LogP contribution is -1.91. The van der Waals surface area contributed by atoms with E-state index in [0.29, 0.717) is 27.4 Å². The molecule has 4 aromatic rings. The number of methoxy groups -OCH3 is 1. The van der Waals surface area contributed by atoms with E-state index >= 15 is 0 Å². The molecule has 1 N–H and O–H groups in total. The molecule has 5 nitrogen and oxygen atoms in total. The Morgan fingerprint density at radius 1 is 1.11 bits per heavy atom. The molecule has 4 rings (SSSR count). The van der Waals surface area contributed by atoms with Crippen molar-refractivity contribution < 1.29 is 14.3 Å². The predicted molar refractivity (Wildman–Crippen MR) is 117 cm³/mol. The van der Waals surface area contributed by atoms with Gasteiger partial charge in [0.25, 0.3) is 0 Å². The second kappa shape index (κ2) is 7.77. The highest BCUT2D eigenvalue weighted by Crippen LogP contribution is 2.39. The van der Waals surface area contributed by atoms with E-state index in [0.717, 1.165) is 21.1 Å². The Morgan fingerprint density at radius 2 is 1.93 bits per heavy atom. The standard InChI is InChI=1S/C21H14Br2N2O3/c1-27-18-10-15(22)19(23)14(20(18)26)11-24-13-6-4-5-12(9-13)21-25-16-7-2-3-8-17(16)28-21/h2-11,26H,1H3. The van der Waals surface area contributed by atoms with E-state index in [1.807, 2.05) is 48.5 Å². The van der Waals surface area contributed by atoms with Crippen molar-refractivity contribution in [1.82, 2.24) is 4.98 Å². The van der Waals surface area contributed by atoms with Crippen molar-refractivity contribution in [2.24, 2.45) is 4.99 Å². The molecule has 3 aromatic carbocycles. The smallest absolute Gasteiger partial charge is 0.227 e. The molecule has 7 heteroatoms. The Labute approximate surface area is 178 Å². The number of aromatic nitrogens is 1. The number of rotatable bonds is 4. The average Bonchev–Trinajstić information content (AvgIpc) is 3.15. The van der Waals surface area contributed by atoms with E-state index in [1.54, 1.807) is 12.3 Å². The van der Waals surface area contributed by atoms with Crippen LogP contribution in [0.1, 0.15) is 5.56 Å². The lowest BCUT2D eigenvalue weighted by atomic mass is 10.2. The van der Waals surface area contributed by atoms with E-state index in [9.17, 15) is 5.11 Å². The van der Waals surface area contributed by atoms with Gasteiger partial charge in [0, 0.05) is 20.7 Å². The zero-order valence-electron chi connectivity index (χ0n) is 14.7. The molecule has 0 saturated carbocycles. The molecule has 0 spiro atoms. The van der Waals surface area contributed by atoms with Crippen LogP contribution in [0.25, 0.3) is 22.6 Å². The maximum absolute atomic E-state index is 10.4. The summed E-state index contributed by atoms with van der Waals surface area (Å²) in [6, 6.07) is 16.8. The molecular weight excluding hydrogens is 488 g/mol. The minimum absolute atomic E-state index is 0.0106. The molecule has 0 saturated heterocycles. The van der Waals surface area contributed by atoms with E-state index in [2.05, 4.69) is 41.8 Å². The highest BCUT2D eigenvalue weighted by molar-refractivity contribution is 9.13. The Hall–Kier alpha value is -2.64. The number of nitrogens with zero attached hydrogens (tertiary/aromatic N) is 2. The van der Waals surface area contributed by atoms with E-state index < -0.39 is 0 Å². The van der Waals surface area contributed by atoms with Crippen molar-refractivity contribution in [1.29, 1.82) is 0 Å². The molecule has 0 radical (unpaired) electrons. The normalized spacial score (nSPS) is 11.4. The Balaban J connectivity index is 1.70. The first kappa shape index (κ1) is 18.7. The Kier molecular flexibility index (Phi) is 5.19. The second-order valence-electron chi connectivity index (χ2n) is 5.93. The minimum atomic E-state index is 0.0106. The van der Waals surface area contributed by atoms with Crippen LogP contribution in [0.3, 0.4) is 0 Å². The molecule has 1 aromatic heterocycles. The zero-order chi connectivity index (χ0) is 19.7. The van der Waals surface area contributed by atoms with Crippen molar-refractivity contribution in [3.63, 3.8) is 0 Å². The summed E-state index contributed by atoms with van der Waals surface area (Å²) in [6.45, 7) is 0. The van der Waals surface area contributed by atoms with E-state index in [1.165, 1.54) is 7.11 Å². The number of oxazole rings is 1. The highest BCUT2D eigenvalue weighted by atomic mass is 79.9. The van der Waals surface area contributed by atoms with Gasteiger partial charge in [0.15, 0.2) is 17.1 Å². The van der Waals surface area contributed by atoms with Gasteiger partial charge in [0.1, 0.15) is 5.52 Å². The summed E-state index contributed by atoms with van der Waals surface area (Å²) in [5.74, 6) is 0.902. The number of hydrogen-bond donors (Lipinski definition) is 1. The van der Waals surface area contributed by atoms with Gasteiger partial charge in [-0.25, -0.2) is 4.98 Å². The summed E-state index contributed by atoms with van der Waals surface area (Å²) in [5, 5.41) is 10.4. The van der Waals surface area contributed by atoms with E-state index in [4.69, 9.17) is 9.15 Å². The number of phenols is 1. The van der Waals surface area contributed by atoms with Gasteiger partial charge in [-0.05, 0) is 68.3 Å². The molecular formula is C21H14Br2N2O3. The minimum Gasteiger partial charge on any atom is -0.504 e. The van der Waals surface area contributed by atoms with Gasteiger partial charge >= 0.3 is 0 Å². The number of phenolic OH excluding ortho intramolecular Hbond substituents is 1. The molecule has 0 aliphatic rings. The van der Waals surface area contributed by atoms with Crippen LogP contribution in [0.2, 0.25) is 0 Å². The number of aliphatic imine (C=N–C) groups is 1. The monoisotopic (exact) mass is 500 g/mol. The topological polar surface area (TPSA) is 67.9 Å². The largest absolute Gasteiger partial charge is 0.504 e. The van der Waals surface area contributed by atoms with Crippen LogP contribution < -0.4 is 4.74 Å². The number of hydrogen-bond acceptors (Lipinski definition) is 5. The quantitative estimate of drug-likeness (QED) is 0.325. The molecule has 0 aliphatic heterocycles.